The van der Waals surface area contributed by atoms with Crippen LogP contribution in [-0.4, -0.2) is 19.2 Å². The van der Waals surface area contributed by atoms with Crippen LogP contribution in [0.2, 0.25) is 0 Å². The van der Waals surface area contributed by atoms with E-state index in [9.17, 15) is 18.4 Å². The van der Waals surface area contributed by atoms with Crippen molar-refractivity contribution in [2.24, 2.45) is 0 Å². The fourth-order valence-corrected chi connectivity index (χ4v) is 0.972. The first-order valence-electron chi connectivity index (χ1n) is 4.76. The van der Waals surface area contributed by atoms with E-state index < -0.39 is 23.1 Å². The normalized spacial score (nSPS) is 8.81. The van der Waals surface area contributed by atoms with Gasteiger partial charge in [0, 0.05) is 12.6 Å². The van der Waals surface area contributed by atoms with Crippen molar-refractivity contribution in [1.29, 1.82) is 0 Å². The molecule has 0 spiro atoms. The van der Waals surface area contributed by atoms with Crippen LogP contribution in [0.4, 0.5) is 8.78 Å². The van der Waals surface area contributed by atoms with Crippen molar-refractivity contribution in [3.8, 4) is 0 Å². The topological polar surface area (TPSA) is 46.2 Å². The van der Waals surface area contributed by atoms with Crippen LogP contribution in [0.1, 0.15) is 34.6 Å². The smallest absolute Gasteiger partial charge is 0.251 e. The number of rotatable bonds is 2. The van der Waals surface area contributed by atoms with Crippen LogP contribution in [0.5, 0.6) is 0 Å². The first kappa shape index (κ1) is 14.2. The number of amides is 1. The predicted octanol–water partition coefficient (Wildman–Crippen LogP) is 2.16. The van der Waals surface area contributed by atoms with E-state index in [2.05, 4.69) is 5.32 Å². The Kier molecular flexibility index (Phi) is 5.92. The quantitative estimate of drug-likeness (QED) is 0.790. The summed E-state index contributed by atoms with van der Waals surface area (Å²) in [5, 5.41) is 2.21. The van der Waals surface area contributed by atoms with Gasteiger partial charge in [-0.2, -0.15) is 0 Å². The Labute approximate surface area is 92.5 Å². The highest BCUT2D eigenvalue weighted by atomic mass is 19.1. The highest BCUT2D eigenvalue weighted by molar-refractivity contribution is 5.94. The molecule has 0 aliphatic rings. The van der Waals surface area contributed by atoms with Gasteiger partial charge in [-0.3, -0.25) is 9.59 Å². The van der Waals surface area contributed by atoms with E-state index in [4.69, 9.17) is 0 Å². The molecule has 0 saturated heterocycles. The number of benzene rings is 1. The van der Waals surface area contributed by atoms with Gasteiger partial charge in [-0.05, 0) is 12.1 Å². The van der Waals surface area contributed by atoms with Crippen LogP contribution in [-0.2, 0) is 0 Å². The Balaban J connectivity index is 0.00000106. The molecule has 0 bridgehead atoms. The fraction of sp³-hybridized carbons (Fsp3) is 0.273. The van der Waals surface area contributed by atoms with E-state index in [0.29, 0.717) is 0 Å². The molecule has 1 amide bonds. The molecule has 0 aliphatic heterocycles. The Hall–Kier alpha value is -1.78. The third-order valence-corrected chi connectivity index (χ3v) is 1.69. The molecule has 0 saturated carbocycles. The molecule has 1 aromatic rings. The maximum Gasteiger partial charge on any atom is 0.251 e. The molecule has 0 radical (unpaired) electrons. The van der Waals surface area contributed by atoms with Crippen molar-refractivity contribution in [1.82, 2.24) is 5.32 Å². The fourth-order valence-electron chi connectivity index (χ4n) is 0.972. The molecule has 0 atom stereocenters. The lowest BCUT2D eigenvalue weighted by Gasteiger charge is -2.02. The van der Waals surface area contributed by atoms with Crippen LogP contribution < -0.4 is 5.32 Å². The molecule has 16 heavy (non-hydrogen) atoms. The highest BCUT2D eigenvalue weighted by Gasteiger charge is 2.13. The summed E-state index contributed by atoms with van der Waals surface area (Å²) in [5.41, 5.74) is -0.828. The maximum absolute atomic E-state index is 13.0. The number of nitrogens with one attached hydrogen (secondary N) is 1. The average molecular weight is 229 g/mol. The first-order valence-corrected chi connectivity index (χ1v) is 4.76. The van der Waals surface area contributed by atoms with Crippen LogP contribution in [0.15, 0.2) is 12.1 Å². The van der Waals surface area contributed by atoms with Gasteiger partial charge in [0.05, 0.1) is 5.56 Å². The summed E-state index contributed by atoms with van der Waals surface area (Å²) >= 11 is 0. The van der Waals surface area contributed by atoms with Crippen molar-refractivity contribution in [3.63, 3.8) is 0 Å². The second-order valence-electron chi connectivity index (χ2n) is 2.55. The van der Waals surface area contributed by atoms with Gasteiger partial charge in [0.2, 0.25) is 0 Å². The van der Waals surface area contributed by atoms with Crippen molar-refractivity contribution < 1.29 is 18.4 Å². The Morgan fingerprint density at radius 1 is 1.25 bits per heavy atom. The van der Waals surface area contributed by atoms with Gasteiger partial charge in [-0.15, -0.1) is 0 Å². The average Bonchev–Trinajstić information content (AvgIpc) is 2.30. The Bertz CT molecular complexity index is 369. The van der Waals surface area contributed by atoms with E-state index in [1.54, 1.807) is 0 Å². The zero-order chi connectivity index (χ0) is 12.7. The summed E-state index contributed by atoms with van der Waals surface area (Å²) in [4.78, 5) is 21.2. The van der Waals surface area contributed by atoms with E-state index >= 15 is 0 Å². The van der Waals surface area contributed by atoms with Crippen molar-refractivity contribution >= 4 is 12.2 Å². The molecule has 5 heteroatoms. The van der Waals surface area contributed by atoms with E-state index in [1.165, 1.54) is 7.05 Å². The molecule has 0 unspecified atom stereocenters. The monoisotopic (exact) mass is 229 g/mol. The molecule has 88 valence electrons. The molecule has 0 aromatic heterocycles. The second kappa shape index (κ2) is 6.66. The van der Waals surface area contributed by atoms with E-state index in [0.717, 1.165) is 12.1 Å². The number of hydrogen-bond acceptors (Lipinski definition) is 2. The summed E-state index contributed by atoms with van der Waals surface area (Å²) in [5.74, 6) is -2.70. The highest BCUT2D eigenvalue weighted by Crippen LogP contribution is 2.13. The third kappa shape index (κ3) is 3.12. The number of carbonyl (C=O) groups excluding carboxylic acids is 2. The number of carbonyl (C=O) groups is 2. The van der Waals surface area contributed by atoms with Crippen LogP contribution >= 0.6 is 0 Å². The minimum Gasteiger partial charge on any atom is -0.355 e. The lowest BCUT2D eigenvalue weighted by atomic mass is 10.1. The molecular formula is C11H13F2NO2. The predicted molar refractivity (Wildman–Crippen MR) is 56.5 cm³/mol. The molecule has 0 fully saturated rings. The molecule has 1 rings (SSSR count). The van der Waals surface area contributed by atoms with Crippen molar-refractivity contribution in [2.75, 3.05) is 7.05 Å². The van der Waals surface area contributed by atoms with Crippen LogP contribution in [0, 0.1) is 11.6 Å². The van der Waals surface area contributed by atoms with Crippen molar-refractivity contribution in [3.05, 3.63) is 34.9 Å². The lowest BCUT2D eigenvalue weighted by Crippen LogP contribution is -2.18. The van der Waals surface area contributed by atoms with Gasteiger partial charge < -0.3 is 5.32 Å². The zero-order valence-corrected chi connectivity index (χ0v) is 9.30. The standard InChI is InChI=1S/C9H7F2NO2.C2H6/c1-12-9(14)5-2-7(10)6(4-13)8(11)3-5;1-2/h2-4H,1H3,(H,12,14);1-2H3. The summed E-state index contributed by atoms with van der Waals surface area (Å²) in [6, 6.07) is 1.62. The minimum atomic E-state index is -1.04. The van der Waals surface area contributed by atoms with Gasteiger partial charge in [-0.25, -0.2) is 8.78 Å². The second-order valence-corrected chi connectivity index (χ2v) is 2.55. The van der Waals surface area contributed by atoms with Gasteiger partial charge in [0.1, 0.15) is 11.6 Å². The summed E-state index contributed by atoms with van der Waals surface area (Å²) in [6.07, 6.45) is 0.0678. The minimum absolute atomic E-state index is 0.0678. The Morgan fingerprint density at radius 2 is 1.69 bits per heavy atom. The molecule has 0 heterocycles. The molecular weight excluding hydrogens is 216 g/mol. The van der Waals surface area contributed by atoms with Gasteiger partial charge in [-0.1, -0.05) is 13.8 Å². The van der Waals surface area contributed by atoms with E-state index in [1.807, 2.05) is 13.8 Å². The molecule has 1 N–H and O–H groups in total. The zero-order valence-electron chi connectivity index (χ0n) is 9.30. The Morgan fingerprint density at radius 3 is 2.00 bits per heavy atom. The van der Waals surface area contributed by atoms with Crippen LogP contribution in [0.3, 0.4) is 0 Å². The summed E-state index contributed by atoms with van der Waals surface area (Å²) in [7, 11) is 1.34. The van der Waals surface area contributed by atoms with Crippen molar-refractivity contribution in [2.45, 2.75) is 13.8 Å². The van der Waals surface area contributed by atoms with Crippen LogP contribution in [0.25, 0.3) is 0 Å². The lowest BCUT2D eigenvalue weighted by molar-refractivity contribution is 0.0961. The number of hydrogen-bond donors (Lipinski definition) is 1. The number of halogens is 2. The summed E-state index contributed by atoms with van der Waals surface area (Å²) in [6.45, 7) is 4.00. The summed E-state index contributed by atoms with van der Waals surface area (Å²) < 4.78 is 25.9. The maximum atomic E-state index is 13.0. The molecule has 3 nitrogen and oxygen atoms in total. The van der Waals surface area contributed by atoms with Gasteiger partial charge >= 0.3 is 0 Å². The first-order chi connectivity index (χ1) is 7.60. The molecule has 0 aliphatic carbocycles. The van der Waals surface area contributed by atoms with Gasteiger partial charge in [0.25, 0.3) is 5.91 Å². The number of aldehydes is 1. The van der Waals surface area contributed by atoms with E-state index in [-0.39, 0.29) is 11.8 Å². The molecule has 1 aromatic carbocycles. The van der Waals surface area contributed by atoms with Gasteiger partial charge in [0.15, 0.2) is 6.29 Å². The SMILES string of the molecule is CC.CNC(=O)c1cc(F)c(C=O)c(F)c1. The third-order valence-electron chi connectivity index (χ3n) is 1.69. The largest absolute Gasteiger partial charge is 0.355 e.